The molecule has 0 aliphatic carbocycles. The first kappa shape index (κ1) is 13.6. The summed E-state index contributed by atoms with van der Waals surface area (Å²) in [5, 5.41) is 3.39. The zero-order valence-electron chi connectivity index (χ0n) is 12.3. The Labute approximate surface area is 121 Å². The maximum atomic E-state index is 12.7. The number of carbonyl (C=O) groups is 1. The highest BCUT2D eigenvalue weighted by molar-refractivity contribution is 5.79. The number of nitrogens with zero attached hydrogens (tertiary/aromatic N) is 1. The van der Waals surface area contributed by atoms with Gasteiger partial charge in [-0.3, -0.25) is 4.79 Å². The van der Waals surface area contributed by atoms with Crippen LogP contribution in [0.3, 0.4) is 0 Å². The van der Waals surface area contributed by atoms with Gasteiger partial charge in [-0.25, -0.2) is 0 Å². The number of nitrogens with one attached hydrogen (secondary N) is 1. The molecule has 2 unspecified atom stereocenters. The molecule has 1 aromatic rings. The van der Waals surface area contributed by atoms with Crippen LogP contribution in [-0.2, 0) is 17.6 Å². The van der Waals surface area contributed by atoms with E-state index < -0.39 is 0 Å². The van der Waals surface area contributed by atoms with E-state index >= 15 is 0 Å². The Hall–Kier alpha value is -1.35. The third-order valence-electron chi connectivity index (χ3n) is 4.65. The predicted molar refractivity (Wildman–Crippen MR) is 80.6 cm³/mol. The third kappa shape index (κ3) is 2.88. The van der Waals surface area contributed by atoms with E-state index in [9.17, 15) is 4.79 Å². The summed E-state index contributed by atoms with van der Waals surface area (Å²) in [5.41, 5.74) is 2.83. The van der Waals surface area contributed by atoms with Crippen LogP contribution in [0.1, 0.15) is 24.5 Å². The molecule has 0 aromatic heterocycles. The Morgan fingerprint density at radius 3 is 2.40 bits per heavy atom. The van der Waals surface area contributed by atoms with Crippen molar-refractivity contribution in [1.82, 2.24) is 10.2 Å². The minimum atomic E-state index is 0.181. The van der Waals surface area contributed by atoms with Crippen LogP contribution in [0.2, 0.25) is 0 Å². The van der Waals surface area contributed by atoms with Crippen LogP contribution in [-0.4, -0.2) is 37.0 Å². The topological polar surface area (TPSA) is 32.3 Å². The van der Waals surface area contributed by atoms with Crippen LogP contribution in [0.5, 0.6) is 0 Å². The van der Waals surface area contributed by atoms with Crippen LogP contribution < -0.4 is 5.32 Å². The van der Waals surface area contributed by atoms with Gasteiger partial charge in [0.15, 0.2) is 0 Å². The Balaban J connectivity index is 1.65. The van der Waals surface area contributed by atoms with Gasteiger partial charge in [-0.1, -0.05) is 31.2 Å². The number of fused-ring (bicyclic) bond motifs is 1. The average molecular weight is 272 g/mol. The summed E-state index contributed by atoms with van der Waals surface area (Å²) in [6, 6.07) is 8.60. The summed E-state index contributed by atoms with van der Waals surface area (Å²) in [6.07, 6.45) is 3.03. The molecular weight excluding hydrogens is 248 g/mol. The van der Waals surface area contributed by atoms with Crippen LogP contribution in [0.15, 0.2) is 24.3 Å². The molecule has 20 heavy (non-hydrogen) atoms. The Bertz CT molecular complexity index is 459. The quantitative estimate of drug-likeness (QED) is 0.846. The molecule has 108 valence electrons. The summed E-state index contributed by atoms with van der Waals surface area (Å²) in [7, 11) is 0. The molecule has 0 radical (unpaired) electrons. The molecule has 0 bridgehead atoms. The second-order valence-electron chi connectivity index (χ2n) is 6.29. The third-order valence-corrected chi connectivity index (χ3v) is 4.65. The Kier molecular flexibility index (Phi) is 4.06. The van der Waals surface area contributed by atoms with Gasteiger partial charge in [-0.05, 0) is 42.9 Å². The lowest BCUT2D eigenvalue weighted by molar-refractivity contribution is -0.136. The van der Waals surface area contributed by atoms with E-state index in [1.54, 1.807) is 0 Å². The standard InChI is InChI=1S/C17H24N2O/c1-13-10-16(12-18-11-13)17(20)19-8-6-14-4-2-3-5-15(14)7-9-19/h2-5,13,16,18H,6-12H2,1H3. The lowest BCUT2D eigenvalue weighted by atomic mass is 9.91. The number of piperidine rings is 1. The van der Waals surface area contributed by atoms with Crippen molar-refractivity contribution in [3.63, 3.8) is 0 Å². The van der Waals surface area contributed by atoms with Crippen molar-refractivity contribution in [1.29, 1.82) is 0 Å². The molecule has 2 aliphatic rings. The molecule has 1 aromatic carbocycles. The van der Waals surface area contributed by atoms with E-state index in [-0.39, 0.29) is 5.92 Å². The normalized spacial score (nSPS) is 26.8. The first-order valence-electron chi connectivity index (χ1n) is 7.80. The van der Waals surface area contributed by atoms with Crippen molar-refractivity contribution in [3.05, 3.63) is 35.4 Å². The monoisotopic (exact) mass is 272 g/mol. The van der Waals surface area contributed by atoms with Crippen LogP contribution in [0, 0.1) is 11.8 Å². The van der Waals surface area contributed by atoms with Gasteiger partial charge in [0.1, 0.15) is 0 Å². The second-order valence-corrected chi connectivity index (χ2v) is 6.29. The zero-order valence-corrected chi connectivity index (χ0v) is 12.3. The first-order chi connectivity index (χ1) is 9.74. The SMILES string of the molecule is CC1CNCC(C(=O)N2CCc3ccccc3CC2)C1. The largest absolute Gasteiger partial charge is 0.342 e. The van der Waals surface area contributed by atoms with Gasteiger partial charge in [0.05, 0.1) is 5.92 Å². The molecule has 3 heteroatoms. The van der Waals surface area contributed by atoms with E-state index in [1.165, 1.54) is 11.1 Å². The van der Waals surface area contributed by atoms with Crippen LogP contribution in [0.25, 0.3) is 0 Å². The average Bonchev–Trinajstić information content (AvgIpc) is 2.69. The van der Waals surface area contributed by atoms with E-state index in [2.05, 4.69) is 41.4 Å². The molecule has 3 nitrogen and oxygen atoms in total. The van der Waals surface area contributed by atoms with Crippen molar-refractivity contribution in [2.24, 2.45) is 11.8 Å². The van der Waals surface area contributed by atoms with E-state index in [0.717, 1.165) is 45.4 Å². The van der Waals surface area contributed by atoms with Gasteiger partial charge < -0.3 is 10.2 Å². The van der Waals surface area contributed by atoms with Gasteiger partial charge in [-0.2, -0.15) is 0 Å². The fraction of sp³-hybridized carbons (Fsp3) is 0.588. The van der Waals surface area contributed by atoms with Gasteiger partial charge in [0.2, 0.25) is 5.91 Å². The lowest BCUT2D eigenvalue weighted by Gasteiger charge is -2.31. The molecule has 2 atom stereocenters. The van der Waals surface area contributed by atoms with Gasteiger partial charge >= 0.3 is 0 Å². The van der Waals surface area contributed by atoms with Crippen LogP contribution >= 0.6 is 0 Å². The van der Waals surface area contributed by atoms with E-state index in [1.807, 2.05) is 0 Å². The zero-order chi connectivity index (χ0) is 13.9. The lowest BCUT2D eigenvalue weighted by Crippen LogP contribution is -2.46. The molecule has 3 rings (SSSR count). The fourth-order valence-electron chi connectivity index (χ4n) is 3.49. The molecule has 1 N–H and O–H groups in total. The van der Waals surface area contributed by atoms with Gasteiger partial charge in [0.25, 0.3) is 0 Å². The smallest absolute Gasteiger partial charge is 0.226 e. The molecule has 1 amide bonds. The summed E-state index contributed by atoms with van der Waals surface area (Å²) in [5.74, 6) is 1.15. The number of hydrogen-bond acceptors (Lipinski definition) is 2. The molecule has 2 heterocycles. The van der Waals surface area contributed by atoms with Gasteiger partial charge in [0, 0.05) is 19.6 Å². The van der Waals surface area contributed by atoms with Crippen molar-refractivity contribution >= 4 is 5.91 Å². The highest BCUT2D eigenvalue weighted by atomic mass is 16.2. The van der Waals surface area contributed by atoms with Crippen molar-refractivity contribution in [3.8, 4) is 0 Å². The summed E-state index contributed by atoms with van der Waals surface area (Å²) >= 11 is 0. The molecule has 1 fully saturated rings. The number of hydrogen-bond donors (Lipinski definition) is 1. The van der Waals surface area contributed by atoms with E-state index in [4.69, 9.17) is 0 Å². The minimum absolute atomic E-state index is 0.181. The highest BCUT2D eigenvalue weighted by Gasteiger charge is 2.29. The molecular formula is C17H24N2O. The fourth-order valence-corrected chi connectivity index (χ4v) is 3.49. The summed E-state index contributed by atoms with van der Waals surface area (Å²) in [6.45, 7) is 5.88. The molecule has 0 spiro atoms. The van der Waals surface area contributed by atoms with Crippen LogP contribution in [0.4, 0.5) is 0 Å². The summed E-state index contributed by atoms with van der Waals surface area (Å²) in [4.78, 5) is 14.8. The number of carbonyl (C=O) groups excluding carboxylic acids is 1. The van der Waals surface area contributed by atoms with Gasteiger partial charge in [-0.15, -0.1) is 0 Å². The minimum Gasteiger partial charge on any atom is -0.342 e. The predicted octanol–water partition coefficient (Wildman–Crippen LogP) is 1.86. The van der Waals surface area contributed by atoms with E-state index in [0.29, 0.717) is 11.8 Å². The van der Waals surface area contributed by atoms with Crippen molar-refractivity contribution < 1.29 is 4.79 Å². The highest BCUT2D eigenvalue weighted by Crippen LogP contribution is 2.21. The second kappa shape index (κ2) is 5.96. The molecule has 1 saturated heterocycles. The maximum absolute atomic E-state index is 12.7. The van der Waals surface area contributed by atoms with Crippen molar-refractivity contribution in [2.75, 3.05) is 26.2 Å². The molecule has 0 saturated carbocycles. The Morgan fingerprint density at radius 2 is 1.80 bits per heavy atom. The number of rotatable bonds is 1. The molecule has 2 aliphatic heterocycles. The summed E-state index contributed by atoms with van der Waals surface area (Å²) < 4.78 is 0. The first-order valence-corrected chi connectivity index (χ1v) is 7.80. The Morgan fingerprint density at radius 1 is 1.15 bits per heavy atom. The number of amides is 1. The van der Waals surface area contributed by atoms with Crippen molar-refractivity contribution in [2.45, 2.75) is 26.2 Å². The number of benzene rings is 1. The maximum Gasteiger partial charge on any atom is 0.226 e.